The van der Waals surface area contributed by atoms with E-state index in [0.717, 1.165) is 31.9 Å². The molecule has 1 aliphatic rings. The van der Waals surface area contributed by atoms with Crippen LogP contribution in [0.2, 0.25) is 5.02 Å². The maximum atomic E-state index is 9.70. The Bertz CT molecular complexity index is 325. The van der Waals surface area contributed by atoms with E-state index in [4.69, 9.17) is 11.6 Å². The molecular weight excluding hydrogens is 224 g/mol. The molecule has 0 saturated carbocycles. The fourth-order valence-corrected chi connectivity index (χ4v) is 1.84. The monoisotopic (exact) mass is 242 g/mol. The second kappa shape index (κ2) is 6.61. The normalized spacial score (nSPS) is 15.3. The minimum absolute atomic E-state index is 0.263. The third-order valence-electron chi connectivity index (χ3n) is 2.40. The number of benzene rings is 1. The number of piperazine rings is 1. The number of hydrogen-bond acceptors (Lipinski definition) is 3. The molecule has 2 N–H and O–H groups in total. The van der Waals surface area contributed by atoms with Gasteiger partial charge in [-0.1, -0.05) is 25.4 Å². The summed E-state index contributed by atoms with van der Waals surface area (Å²) in [6, 6.07) is 5.25. The van der Waals surface area contributed by atoms with Crippen LogP contribution in [-0.4, -0.2) is 31.3 Å². The lowest BCUT2D eigenvalue weighted by Crippen LogP contribution is -2.43. The van der Waals surface area contributed by atoms with Gasteiger partial charge in [-0.3, -0.25) is 0 Å². The van der Waals surface area contributed by atoms with Gasteiger partial charge in [-0.2, -0.15) is 0 Å². The molecule has 2 rings (SSSR count). The molecule has 0 bridgehead atoms. The topological polar surface area (TPSA) is 35.5 Å². The van der Waals surface area contributed by atoms with E-state index in [1.165, 1.54) is 0 Å². The van der Waals surface area contributed by atoms with Crippen LogP contribution >= 0.6 is 11.6 Å². The molecule has 1 heterocycles. The van der Waals surface area contributed by atoms with Gasteiger partial charge in [0.05, 0.1) is 5.69 Å². The Morgan fingerprint density at radius 1 is 1.25 bits per heavy atom. The average Bonchev–Trinajstić information content (AvgIpc) is 2.33. The molecule has 0 unspecified atom stereocenters. The molecule has 0 amide bonds. The molecule has 1 fully saturated rings. The van der Waals surface area contributed by atoms with E-state index in [-0.39, 0.29) is 5.75 Å². The lowest BCUT2D eigenvalue weighted by atomic mass is 10.2. The van der Waals surface area contributed by atoms with Gasteiger partial charge in [0.25, 0.3) is 0 Å². The zero-order chi connectivity index (χ0) is 12.0. The third kappa shape index (κ3) is 3.29. The smallest absolute Gasteiger partial charge is 0.140 e. The molecule has 3 nitrogen and oxygen atoms in total. The SMILES string of the molecule is CC.Oc1cc(Cl)ccc1N1CCNCC1. The first-order valence-corrected chi connectivity index (χ1v) is 6.09. The van der Waals surface area contributed by atoms with Crippen molar-refractivity contribution in [1.82, 2.24) is 5.32 Å². The molecule has 90 valence electrons. The Hall–Kier alpha value is -0.930. The second-order valence-corrected chi connectivity index (χ2v) is 3.81. The van der Waals surface area contributed by atoms with Crippen LogP contribution in [0.1, 0.15) is 13.8 Å². The summed E-state index contributed by atoms with van der Waals surface area (Å²) in [5, 5.41) is 13.5. The zero-order valence-corrected chi connectivity index (χ0v) is 10.6. The van der Waals surface area contributed by atoms with Gasteiger partial charge in [-0.05, 0) is 12.1 Å². The van der Waals surface area contributed by atoms with E-state index >= 15 is 0 Å². The number of nitrogens with zero attached hydrogens (tertiary/aromatic N) is 1. The van der Waals surface area contributed by atoms with Crippen LogP contribution in [0.15, 0.2) is 18.2 Å². The molecule has 1 aliphatic heterocycles. The van der Waals surface area contributed by atoms with Crippen LogP contribution in [0.25, 0.3) is 0 Å². The number of halogens is 1. The van der Waals surface area contributed by atoms with Crippen LogP contribution < -0.4 is 10.2 Å². The molecule has 0 radical (unpaired) electrons. The minimum Gasteiger partial charge on any atom is -0.506 e. The largest absolute Gasteiger partial charge is 0.506 e. The summed E-state index contributed by atoms with van der Waals surface area (Å²) in [6.45, 7) is 7.77. The van der Waals surface area contributed by atoms with Crippen molar-refractivity contribution in [3.05, 3.63) is 23.2 Å². The number of aromatic hydroxyl groups is 1. The Kier molecular flexibility index (Phi) is 5.43. The summed E-state index contributed by atoms with van der Waals surface area (Å²) in [5.74, 6) is 0.263. The maximum absolute atomic E-state index is 9.70. The maximum Gasteiger partial charge on any atom is 0.140 e. The van der Waals surface area contributed by atoms with Gasteiger partial charge < -0.3 is 15.3 Å². The van der Waals surface area contributed by atoms with E-state index in [1.54, 1.807) is 12.1 Å². The van der Waals surface area contributed by atoms with E-state index in [1.807, 2.05) is 19.9 Å². The van der Waals surface area contributed by atoms with Crippen molar-refractivity contribution in [2.75, 3.05) is 31.1 Å². The van der Waals surface area contributed by atoms with Gasteiger partial charge in [0.1, 0.15) is 5.75 Å². The predicted molar refractivity (Wildman–Crippen MR) is 69.5 cm³/mol. The highest BCUT2D eigenvalue weighted by atomic mass is 35.5. The van der Waals surface area contributed by atoms with E-state index in [0.29, 0.717) is 5.02 Å². The zero-order valence-electron chi connectivity index (χ0n) is 9.83. The summed E-state index contributed by atoms with van der Waals surface area (Å²) in [5.41, 5.74) is 0.871. The Morgan fingerprint density at radius 2 is 1.88 bits per heavy atom. The molecule has 0 aromatic heterocycles. The van der Waals surface area contributed by atoms with E-state index < -0.39 is 0 Å². The van der Waals surface area contributed by atoms with Gasteiger partial charge >= 0.3 is 0 Å². The Labute approximate surface area is 102 Å². The number of rotatable bonds is 1. The van der Waals surface area contributed by atoms with Crippen LogP contribution in [0.5, 0.6) is 5.75 Å². The molecule has 16 heavy (non-hydrogen) atoms. The van der Waals surface area contributed by atoms with Crippen LogP contribution in [0.4, 0.5) is 5.69 Å². The fraction of sp³-hybridized carbons (Fsp3) is 0.500. The quantitative estimate of drug-likeness (QED) is 0.794. The molecule has 0 aliphatic carbocycles. The molecule has 0 spiro atoms. The summed E-state index contributed by atoms with van der Waals surface area (Å²) in [4.78, 5) is 2.15. The highest BCUT2D eigenvalue weighted by Crippen LogP contribution is 2.29. The number of phenolic OH excluding ortho intramolecular Hbond substituents is 1. The van der Waals surface area contributed by atoms with Crippen molar-refractivity contribution in [3.63, 3.8) is 0 Å². The van der Waals surface area contributed by atoms with Crippen LogP contribution in [0.3, 0.4) is 0 Å². The average molecular weight is 243 g/mol. The van der Waals surface area contributed by atoms with Crippen molar-refractivity contribution in [3.8, 4) is 5.75 Å². The first-order valence-electron chi connectivity index (χ1n) is 5.71. The van der Waals surface area contributed by atoms with Crippen molar-refractivity contribution < 1.29 is 5.11 Å². The van der Waals surface area contributed by atoms with Crippen molar-refractivity contribution in [2.24, 2.45) is 0 Å². The summed E-state index contributed by atoms with van der Waals surface area (Å²) in [7, 11) is 0. The number of nitrogens with one attached hydrogen (secondary N) is 1. The van der Waals surface area contributed by atoms with Gasteiger partial charge in [-0.15, -0.1) is 0 Å². The fourth-order valence-electron chi connectivity index (χ4n) is 1.67. The summed E-state index contributed by atoms with van der Waals surface area (Å²) < 4.78 is 0. The van der Waals surface area contributed by atoms with Crippen LogP contribution in [-0.2, 0) is 0 Å². The second-order valence-electron chi connectivity index (χ2n) is 3.37. The molecule has 1 aromatic rings. The minimum atomic E-state index is 0.263. The number of hydrogen-bond donors (Lipinski definition) is 2. The third-order valence-corrected chi connectivity index (χ3v) is 2.63. The van der Waals surface area contributed by atoms with Crippen molar-refractivity contribution in [2.45, 2.75) is 13.8 Å². The summed E-state index contributed by atoms with van der Waals surface area (Å²) >= 11 is 5.77. The standard InChI is InChI=1S/C10H13ClN2O.C2H6/c11-8-1-2-9(10(14)7-8)13-5-3-12-4-6-13;1-2/h1-2,7,12,14H,3-6H2;1-2H3. The predicted octanol–water partition coefficient (Wildman–Crippen LogP) is 2.48. The Morgan fingerprint density at radius 3 is 2.44 bits per heavy atom. The summed E-state index contributed by atoms with van der Waals surface area (Å²) in [6.07, 6.45) is 0. The van der Waals surface area contributed by atoms with Gasteiger partial charge in [0.15, 0.2) is 0 Å². The highest BCUT2D eigenvalue weighted by molar-refractivity contribution is 6.30. The first kappa shape index (κ1) is 13.1. The van der Waals surface area contributed by atoms with E-state index in [9.17, 15) is 5.11 Å². The van der Waals surface area contributed by atoms with Crippen molar-refractivity contribution >= 4 is 17.3 Å². The lowest BCUT2D eigenvalue weighted by Gasteiger charge is -2.29. The number of anilines is 1. The van der Waals surface area contributed by atoms with Crippen LogP contribution in [0, 0.1) is 0 Å². The van der Waals surface area contributed by atoms with E-state index in [2.05, 4.69) is 10.2 Å². The highest BCUT2D eigenvalue weighted by Gasteiger charge is 2.13. The van der Waals surface area contributed by atoms with Gasteiger partial charge in [-0.25, -0.2) is 0 Å². The molecule has 1 saturated heterocycles. The Balaban J connectivity index is 0.000000606. The van der Waals surface area contributed by atoms with Gasteiger partial charge in [0.2, 0.25) is 0 Å². The molecule has 0 atom stereocenters. The lowest BCUT2D eigenvalue weighted by molar-refractivity contribution is 0.470. The number of phenols is 1. The molecule has 4 heteroatoms. The van der Waals surface area contributed by atoms with Crippen molar-refractivity contribution in [1.29, 1.82) is 0 Å². The first-order chi connectivity index (χ1) is 7.77. The van der Waals surface area contributed by atoms with Gasteiger partial charge in [0, 0.05) is 37.3 Å². The molecular formula is C12H19ClN2O. The molecule has 1 aromatic carbocycles.